The normalized spacial score (nSPS) is 11.2. The van der Waals surface area contributed by atoms with E-state index in [9.17, 15) is 4.79 Å². The average molecular weight is 194 g/mol. The first-order valence-electron chi connectivity index (χ1n) is 3.58. The molecule has 0 radical (unpaired) electrons. The van der Waals surface area contributed by atoms with Crippen molar-refractivity contribution in [2.24, 2.45) is 0 Å². The van der Waals surface area contributed by atoms with Crippen molar-refractivity contribution >= 4 is 6.03 Å². The van der Waals surface area contributed by atoms with Gasteiger partial charge >= 0.3 is 6.03 Å². The first-order valence-corrected chi connectivity index (χ1v) is 3.58. The molecule has 0 saturated heterocycles. The molecule has 0 aromatic heterocycles. The van der Waals surface area contributed by atoms with Gasteiger partial charge in [-0.25, -0.2) is 9.86 Å². The Balaban J connectivity index is 4.33. The van der Waals surface area contributed by atoms with Crippen molar-refractivity contribution in [3.63, 3.8) is 0 Å². The Morgan fingerprint density at radius 3 is 1.92 bits per heavy atom. The van der Waals surface area contributed by atoms with Gasteiger partial charge in [-0.2, -0.15) is 0 Å². The van der Waals surface area contributed by atoms with Gasteiger partial charge in [0, 0.05) is 7.05 Å². The van der Waals surface area contributed by atoms with Crippen molar-refractivity contribution < 1.29 is 25.3 Å². The highest BCUT2D eigenvalue weighted by molar-refractivity contribution is 5.73. The van der Waals surface area contributed by atoms with Crippen LogP contribution in [0.2, 0.25) is 0 Å². The standard InChI is InChI=1S/C6H14N2O5/c1-8(13)5(12)7-6(2-9,3-10)4-11/h9-11,13H,2-4H2,1H3,(H,7,12). The van der Waals surface area contributed by atoms with E-state index in [4.69, 9.17) is 20.5 Å². The molecule has 7 nitrogen and oxygen atoms in total. The number of nitrogens with zero attached hydrogens (tertiary/aromatic N) is 1. The zero-order chi connectivity index (χ0) is 10.5. The van der Waals surface area contributed by atoms with Crippen LogP contribution in [0, 0.1) is 0 Å². The fourth-order valence-corrected chi connectivity index (χ4v) is 0.576. The van der Waals surface area contributed by atoms with Gasteiger partial charge in [0.1, 0.15) is 5.54 Å². The van der Waals surface area contributed by atoms with Gasteiger partial charge in [-0.1, -0.05) is 0 Å². The number of nitrogens with one attached hydrogen (secondary N) is 1. The third-order valence-corrected chi connectivity index (χ3v) is 1.57. The van der Waals surface area contributed by atoms with Crippen LogP contribution in [0.15, 0.2) is 0 Å². The molecular formula is C6H14N2O5. The number of carbonyl (C=O) groups is 1. The van der Waals surface area contributed by atoms with Crippen LogP contribution >= 0.6 is 0 Å². The SMILES string of the molecule is CN(O)C(=O)NC(CO)(CO)CO. The van der Waals surface area contributed by atoms with Crippen molar-refractivity contribution in [3.8, 4) is 0 Å². The van der Waals surface area contributed by atoms with Crippen LogP contribution in [0.1, 0.15) is 0 Å². The van der Waals surface area contributed by atoms with Crippen LogP contribution in [-0.4, -0.2) is 64.0 Å². The van der Waals surface area contributed by atoms with E-state index in [2.05, 4.69) is 5.32 Å². The van der Waals surface area contributed by atoms with Crippen LogP contribution in [0.5, 0.6) is 0 Å². The number of rotatable bonds is 4. The van der Waals surface area contributed by atoms with Crippen molar-refractivity contribution in [2.75, 3.05) is 26.9 Å². The number of carbonyl (C=O) groups excluding carboxylic acids is 1. The summed E-state index contributed by atoms with van der Waals surface area (Å²) in [7, 11) is 1.08. The minimum absolute atomic E-state index is 0.246. The highest BCUT2D eigenvalue weighted by atomic mass is 16.5. The lowest BCUT2D eigenvalue weighted by Gasteiger charge is -2.29. The maximum absolute atomic E-state index is 10.9. The number of hydroxylamine groups is 2. The lowest BCUT2D eigenvalue weighted by Crippen LogP contribution is -2.59. The fourth-order valence-electron chi connectivity index (χ4n) is 0.576. The van der Waals surface area contributed by atoms with Crippen LogP contribution in [0.25, 0.3) is 0 Å². The van der Waals surface area contributed by atoms with E-state index in [1.165, 1.54) is 0 Å². The molecule has 0 spiro atoms. The Labute approximate surface area is 75.2 Å². The molecule has 2 amide bonds. The molecule has 0 aromatic rings. The van der Waals surface area contributed by atoms with Crippen molar-refractivity contribution in [1.82, 2.24) is 10.4 Å². The molecule has 0 saturated carbocycles. The zero-order valence-corrected chi connectivity index (χ0v) is 7.27. The lowest BCUT2D eigenvalue weighted by atomic mass is 10.0. The molecule has 0 atom stereocenters. The largest absolute Gasteiger partial charge is 0.394 e. The maximum Gasteiger partial charge on any atom is 0.341 e. The van der Waals surface area contributed by atoms with Gasteiger partial charge in [0.2, 0.25) is 0 Å². The lowest BCUT2D eigenvalue weighted by molar-refractivity contribution is -0.0303. The van der Waals surface area contributed by atoms with Gasteiger partial charge in [-0.3, -0.25) is 5.21 Å². The van der Waals surface area contributed by atoms with Crippen LogP contribution in [0.3, 0.4) is 0 Å². The number of aliphatic hydroxyl groups excluding tert-OH is 3. The topological polar surface area (TPSA) is 113 Å². The molecule has 0 unspecified atom stereocenters. The van der Waals surface area contributed by atoms with Gasteiger partial charge in [-0.05, 0) is 0 Å². The Morgan fingerprint density at radius 1 is 1.31 bits per heavy atom. The van der Waals surface area contributed by atoms with Crippen molar-refractivity contribution in [3.05, 3.63) is 0 Å². The quantitative estimate of drug-likeness (QED) is 0.256. The summed E-state index contributed by atoms with van der Waals surface area (Å²) in [5.41, 5.74) is -1.51. The number of hydrogen-bond donors (Lipinski definition) is 5. The Kier molecular flexibility index (Phi) is 4.63. The summed E-state index contributed by atoms with van der Waals surface area (Å²) in [5.74, 6) is 0. The predicted molar refractivity (Wildman–Crippen MR) is 42.1 cm³/mol. The zero-order valence-electron chi connectivity index (χ0n) is 7.27. The molecule has 0 aromatic carbocycles. The van der Waals surface area contributed by atoms with Crippen LogP contribution in [0.4, 0.5) is 4.79 Å². The monoisotopic (exact) mass is 194 g/mol. The molecule has 0 bridgehead atoms. The highest BCUT2D eigenvalue weighted by Gasteiger charge is 2.30. The van der Waals surface area contributed by atoms with Gasteiger partial charge in [0.15, 0.2) is 0 Å². The number of hydrogen-bond acceptors (Lipinski definition) is 5. The summed E-state index contributed by atoms with van der Waals surface area (Å²) >= 11 is 0. The molecule has 0 aliphatic rings. The minimum atomic E-state index is -1.51. The Hall–Kier alpha value is -0.890. The Morgan fingerprint density at radius 2 is 1.69 bits per heavy atom. The molecular weight excluding hydrogens is 180 g/mol. The fraction of sp³-hybridized carbons (Fsp3) is 0.833. The maximum atomic E-state index is 10.9. The van der Waals surface area contributed by atoms with Gasteiger partial charge in [0.25, 0.3) is 0 Å². The highest BCUT2D eigenvalue weighted by Crippen LogP contribution is 2.01. The van der Waals surface area contributed by atoms with E-state index < -0.39 is 31.4 Å². The molecule has 0 aliphatic carbocycles. The number of aliphatic hydroxyl groups is 3. The third kappa shape index (κ3) is 3.15. The third-order valence-electron chi connectivity index (χ3n) is 1.57. The van der Waals surface area contributed by atoms with Crippen molar-refractivity contribution in [2.45, 2.75) is 5.54 Å². The van der Waals surface area contributed by atoms with Crippen molar-refractivity contribution in [1.29, 1.82) is 0 Å². The minimum Gasteiger partial charge on any atom is -0.394 e. The molecule has 0 fully saturated rings. The van der Waals surface area contributed by atoms with Crippen LogP contribution in [-0.2, 0) is 0 Å². The number of amides is 2. The van der Waals surface area contributed by atoms with E-state index in [1.54, 1.807) is 0 Å². The summed E-state index contributed by atoms with van der Waals surface area (Å²) in [5, 5.41) is 37.3. The van der Waals surface area contributed by atoms with Gasteiger partial charge < -0.3 is 20.6 Å². The molecule has 78 valence electrons. The van der Waals surface area contributed by atoms with E-state index in [1.807, 2.05) is 0 Å². The van der Waals surface area contributed by atoms with E-state index >= 15 is 0 Å². The van der Waals surface area contributed by atoms with Crippen LogP contribution < -0.4 is 5.32 Å². The summed E-state index contributed by atoms with van der Waals surface area (Å²) in [6.07, 6.45) is 0. The molecule has 13 heavy (non-hydrogen) atoms. The van der Waals surface area contributed by atoms with Gasteiger partial charge in [-0.15, -0.1) is 0 Å². The molecule has 0 heterocycles. The Bertz CT molecular complexity index is 160. The number of urea groups is 1. The van der Waals surface area contributed by atoms with Gasteiger partial charge in [0.05, 0.1) is 19.8 Å². The average Bonchev–Trinajstić information content (AvgIpc) is 2.14. The first-order chi connectivity index (χ1) is 6.01. The molecule has 7 heteroatoms. The smallest absolute Gasteiger partial charge is 0.341 e. The summed E-state index contributed by atoms with van der Waals surface area (Å²) in [6.45, 7) is -1.88. The summed E-state index contributed by atoms with van der Waals surface area (Å²) in [6, 6.07) is -0.919. The molecule has 0 rings (SSSR count). The van der Waals surface area contributed by atoms with E-state index in [0.29, 0.717) is 0 Å². The second kappa shape index (κ2) is 4.97. The van der Waals surface area contributed by atoms with E-state index in [0.717, 1.165) is 7.05 Å². The molecule has 0 aliphatic heterocycles. The predicted octanol–water partition coefficient (Wildman–Crippen LogP) is -2.27. The summed E-state index contributed by atoms with van der Waals surface area (Å²) < 4.78 is 0. The second-order valence-electron chi connectivity index (χ2n) is 2.71. The first kappa shape index (κ1) is 12.1. The summed E-state index contributed by atoms with van der Waals surface area (Å²) in [4.78, 5) is 10.9. The molecule has 5 N–H and O–H groups in total. The second-order valence-corrected chi connectivity index (χ2v) is 2.71. The van der Waals surface area contributed by atoms with E-state index in [-0.39, 0.29) is 5.06 Å².